The number of hydrogen-bond donors (Lipinski definition) is 1. The van der Waals surface area contributed by atoms with Gasteiger partial charge in [0.2, 0.25) is 5.91 Å². The quantitative estimate of drug-likeness (QED) is 0.563. The molecule has 0 spiro atoms. The van der Waals surface area contributed by atoms with Crippen LogP contribution in [0.2, 0.25) is 0 Å². The van der Waals surface area contributed by atoms with Crippen LogP contribution in [0, 0.1) is 0 Å². The van der Waals surface area contributed by atoms with E-state index in [0.29, 0.717) is 10.7 Å². The molecule has 0 aromatic heterocycles. The number of thioether (sulfide) groups is 1. The summed E-state index contributed by atoms with van der Waals surface area (Å²) in [6.45, 7) is -0.259. The second-order valence-electron chi connectivity index (χ2n) is 5.88. The smallest absolute Gasteiger partial charge is 0.266 e. The first-order valence-electron chi connectivity index (χ1n) is 7.87. The molecule has 1 aromatic carbocycles. The molecular weight excluding hydrogens is 408 g/mol. The summed E-state index contributed by atoms with van der Waals surface area (Å²) in [5.41, 5.74) is 0.778. The third-order valence-corrected chi connectivity index (χ3v) is 6.62. The lowest BCUT2D eigenvalue weighted by molar-refractivity contribution is -0.128. The molecule has 3 rings (SSSR count). The molecule has 27 heavy (non-hydrogen) atoms. The predicted octanol–water partition coefficient (Wildman–Crippen LogP) is 1.32. The van der Waals surface area contributed by atoms with E-state index in [0.717, 1.165) is 22.7 Å². The van der Waals surface area contributed by atoms with Gasteiger partial charge in [-0.05, 0) is 29.8 Å². The molecule has 10 heteroatoms. The fourth-order valence-corrected chi connectivity index (χ4v) is 5.07. The van der Waals surface area contributed by atoms with Crippen LogP contribution >= 0.6 is 24.0 Å². The lowest BCUT2D eigenvalue weighted by Gasteiger charge is -2.16. The van der Waals surface area contributed by atoms with E-state index in [4.69, 9.17) is 17.0 Å². The van der Waals surface area contributed by atoms with Crippen molar-refractivity contribution in [2.24, 2.45) is 0 Å². The average Bonchev–Trinajstić information content (AvgIpc) is 3.08. The van der Waals surface area contributed by atoms with Gasteiger partial charge in [0.25, 0.3) is 5.91 Å². The number of nitrogens with zero attached hydrogens (tertiary/aromatic N) is 1. The molecule has 7 nitrogen and oxygen atoms in total. The lowest BCUT2D eigenvalue weighted by Crippen LogP contribution is -2.43. The summed E-state index contributed by atoms with van der Waals surface area (Å²) in [7, 11) is -1.71. The maximum absolute atomic E-state index is 12.6. The van der Waals surface area contributed by atoms with Gasteiger partial charge in [-0.25, -0.2) is 8.42 Å². The number of ether oxygens (including phenoxy) is 1. The highest BCUT2D eigenvalue weighted by atomic mass is 32.2. The summed E-state index contributed by atoms with van der Waals surface area (Å²) in [5.74, 6) is -0.344. The van der Waals surface area contributed by atoms with E-state index in [2.05, 4.69) is 5.32 Å². The van der Waals surface area contributed by atoms with E-state index in [1.165, 1.54) is 11.0 Å². The van der Waals surface area contributed by atoms with Crippen molar-refractivity contribution >= 4 is 56.0 Å². The van der Waals surface area contributed by atoms with Crippen LogP contribution in [0.5, 0.6) is 5.75 Å². The van der Waals surface area contributed by atoms with Crippen molar-refractivity contribution in [1.82, 2.24) is 10.2 Å². The molecule has 0 saturated carbocycles. The third-order valence-electron chi connectivity index (χ3n) is 3.84. The summed E-state index contributed by atoms with van der Waals surface area (Å²) in [6, 6.07) is 6.63. The van der Waals surface area contributed by atoms with Gasteiger partial charge in [-0.15, -0.1) is 0 Å². The molecule has 0 unspecified atom stereocenters. The molecule has 2 aliphatic heterocycles. The first-order chi connectivity index (χ1) is 12.8. The Morgan fingerprint density at radius 1 is 1.48 bits per heavy atom. The zero-order valence-corrected chi connectivity index (χ0v) is 16.7. The minimum Gasteiger partial charge on any atom is -0.497 e. The molecule has 2 amide bonds. The number of benzene rings is 1. The van der Waals surface area contributed by atoms with E-state index in [9.17, 15) is 18.0 Å². The maximum atomic E-state index is 12.6. The van der Waals surface area contributed by atoms with Gasteiger partial charge in [-0.2, -0.15) is 0 Å². The van der Waals surface area contributed by atoms with Crippen molar-refractivity contribution in [2.75, 3.05) is 19.4 Å². The minimum absolute atomic E-state index is 0.174. The number of thiocarbonyl (C=S) groups is 1. The molecule has 142 valence electrons. The number of carbonyl (C=O) groups is 2. The number of carbonyl (C=O) groups excluding carboxylic acids is 2. The van der Waals surface area contributed by atoms with Gasteiger partial charge in [-0.3, -0.25) is 14.5 Å². The number of hydrogen-bond acceptors (Lipinski definition) is 7. The van der Waals surface area contributed by atoms with Crippen LogP contribution in [0.3, 0.4) is 0 Å². The van der Waals surface area contributed by atoms with Crippen LogP contribution in [-0.4, -0.2) is 54.9 Å². The first-order valence-corrected chi connectivity index (χ1v) is 10.8. The van der Waals surface area contributed by atoms with Gasteiger partial charge in [-0.1, -0.05) is 36.1 Å². The standard InChI is InChI=1S/C17H16N2O5S3/c1-24-13-4-2-3-11(7-13)8-14-16(21)19(17(25)26-14)9-15(20)18-12-5-6-27(22,23)10-12/h2-8,12H,9-10H2,1H3,(H,18,20)/b14-8+/t12-/m1/s1. The molecule has 1 atom stereocenters. The molecule has 1 N–H and O–H groups in total. The molecule has 2 aliphatic rings. The lowest BCUT2D eigenvalue weighted by atomic mass is 10.2. The minimum atomic E-state index is -3.26. The number of rotatable bonds is 5. The Morgan fingerprint density at radius 2 is 2.26 bits per heavy atom. The predicted molar refractivity (Wildman–Crippen MR) is 108 cm³/mol. The average molecular weight is 425 g/mol. The summed E-state index contributed by atoms with van der Waals surface area (Å²) < 4.78 is 28.2. The van der Waals surface area contributed by atoms with Gasteiger partial charge < -0.3 is 10.1 Å². The van der Waals surface area contributed by atoms with Crippen molar-refractivity contribution in [2.45, 2.75) is 6.04 Å². The van der Waals surface area contributed by atoms with Crippen molar-refractivity contribution in [3.05, 3.63) is 46.2 Å². The second-order valence-corrected chi connectivity index (χ2v) is 9.48. The number of amides is 2. The van der Waals surface area contributed by atoms with E-state index in [-0.39, 0.29) is 22.5 Å². The molecule has 2 heterocycles. The van der Waals surface area contributed by atoms with Gasteiger partial charge in [0.1, 0.15) is 16.6 Å². The Hall–Kier alpha value is -2.17. The monoisotopic (exact) mass is 424 g/mol. The van der Waals surface area contributed by atoms with Crippen LogP contribution < -0.4 is 10.1 Å². The van der Waals surface area contributed by atoms with Gasteiger partial charge in [0.15, 0.2) is 9.84 Å². The van der Waals surface area contributed by atoms with Crippen molar-refractivity contribution in [3.8, 4) is 5.75 Å². The van der Waals surface area contributed by atoms with Gasteiger partial charge >= 0.3 is 0 Å². The van der Waals surface area contributed by atoms with E-state index < -0.39 is 21.8 Å². The van der Waals surface area contributed by atoms with Crippen molar-refractivity contribution in [1.29, 1.82) is 0 Å². The normalized spacial score (nSPS) is 22.5. The highest BCUT2D eigenvalue weighted by Crippen LogP contribution is 2.32. The molecule has 1 fully saturated rings. The highest BCUT2D eigenvalue weighted by molar-refractivity contribution is 8.26. The highest BCUT2D eigenvalue weighted by Gasteiger charge is 2.34. The molecule has 1 aromatic rings. The third kappa shape index (κ3) is 4.76. The fraction of sp³-hybridized carbons (Fsp3) is 0.235. The summed E-state index contributed by atoms with van der Waals surface area (Å²) in [6.07, 6.45) is 3.10. The molecule has 0 aliphatic carbocycles. The van der Waals surface area contributed by atoms with Crippen molar-refractivity contribution in [3.63, 3.8) is 0 Å². The van der Waals surface area contributed by atoms with E-state index >= 15 is 0 Å². The van der Waals surface area contributed by atoms with Crippen LogP contribution in [0.25, 0.3) is 6.08 Å². The van der Waals surface area contributed by atoms with Crippen LogP contribution in [0.1, 0.15) is 5.56 Å². The largest absolute Gasteiger partial charge is 0.497 e. The topological polar surface area (TPSA) is 92.8 Å². The molecule has 0 bridgehead atoms. The summed E-state index contributed by atoms with van der Waals surface area (Å²) in [5, 5.41) is 3.66. The Bertz CT molecular complexity index is 969. The summed E-state index contributed by atoms with van der Waals surface area (Å²) >= 11 is 6.32. The van der Waals surface area contributed by atoms with Crippen LogP contribution in [-0.2, 0) is 19.4 Å². The summed E-state index contributed by atoms with van der Waals surface area (Å²) in [4.78, 5) is 26.4. The second kappa shape index (κ2) is 7.83. The Labute approximate surface area is 166 Å². The number of sulfone groups is 1. The van der Waals surface area contributed by atoms with E-state index in [1.54, 1.807) is 25.3 Å². The maximum Gasteiger partial charge on any atom is 0.266 e. The number of methoxy groups -OCH3 is 1. The van der Waals surface area contributed by atoms with Gasteiger partial charge in [0, 0.05) is 5.41 Å². The fourth-order valence-electron chi connectivity index (χ4n) is 2.58. The SMILES string of the molecule is COc1cccc(/C=C2/SC(=S)N(CC(=O)N[C@@H]3C=CS(=O)(=O)C3)C2=O)c1. The van der Waals surface area contributed by atoms with E-state index in [1.807, 2.05) is 12.1 Å². The molecule has 1 saturated heterocycles. The molecular formula is C17H16N2O5S3. The zero-order valence-electron chi connectivity index (χ0n) is 14.2. The Balaban J connectivity index is 1.66. The Kier molecular flexibility index (Phi) is 5.68. The zero-order chi connectivity index (χ0) is 19.6. The van der Waals surface area contributed by atoms with Crippen LogP contribution in [0.4, 0.5) is 0 Å². The van der Waals surface area contributed by atoms with Crippen molar-refractivity contribution < 1.29 is 22.7 Å². The Morgan fingerprint density at radius 3 is 2.93 bits per heavy atom. The van der Waals surface area contributed by atoms with Gasteiger partial charge in [0.05, 0.1) is 23.8 Å². The number of nitrogens with one attached hydrogen (secondary N) is 1. The molecule has 0 radical (unpaired) electrons. The van der Waals surface area contributed by atoms with Crippen LogP contribution in [0.15, 0.2) is 40.7 Å². The first kappa shape index (κ1) is 19.6.